The highest BCUT2D eigenvalue weighted by Gasteiger charge is 2.24. The van der Waals surface area contributed by atoms with E-state index >= 15 is 0 Å². The fraction of sp³-hybridized carbons (Fsp3) is 0.562. The second-order valence-electron chi connectivity index (χ2n) is 5.88. The molecule has 1 unspecified atom stereocenters. The van der Waals surface area contributed by atoms with E-state index in [1.165, 1.54) is 5.56 Å². The van der Waals surface area contributed by atoms with E-state index in [4.69, 9.17) is 10.9 Å². The Hall–Kier alpha value is -1.75. The van der Waals surface area contributed by atoms with Crippen molar-refractivity contribution in [2.75, 3.05) is 31.6 Å². The molecule has 1 aromatic rings. The molecule has 0 spiro atoms. The van der Waals surface area contributed by atoms with Crippen LogP contribution < -0.4 is 10.6 Å². The molecule has 5 heteroatoms. The molecule has 1 atom stereocenters. The summed E-state index contributed by atoms with van der Waals surface area (Å²) in [4.78, 5) is 4.80. The summed E-state index contributed by atoms with van der Waals surface area (Å²) in [5.41, 5.74) is 8.94. The van der Waals surface area contributed by atoms with E-state index in [1.54, 1.807) is 0 Å². The SMILES string of the molecule is CCC1CN(C)CCCN1c1cc(C)ccc1/C(N)=N/O. The minimum atomic E-state index is 0.178. The van der Waals surface area contributed by atoms with E-state index < -0.39 is 0 Å². The largest absolute Gasteiger partial charge is 0.409 e. The molecule has 1 heterocycles. The summed E-state index contributed by atoms with van der Waals surface area (Å²) >= 11 is 0. The minimum Gasteiger partial charge on any atom is -0.409 e. The van der Waals surface area contributed by atoms with E-state index in [2.05, 4.69) is 41.9 Å². The first-order valence-electron chi connectivity index (χ1n) is 7.60. The Bertz CT molecular complexity index is 515. The summed E-state index contributed by atoms with van der Waals surface area (Å²) in [5, 5.41) is 12.2. The van der Waals surface area contributed by atoms with Gasteiger partial charge in [-0.1, -0.05) is 18.1 Å². The summed E-state index contributed by atoms with van der Waals surface area (Å²) in [7, 11) is 2.17. The second kappa shape index (κ2) is 6.80. The van der Waals surface area contributed by atoms with Crippen LogP contribution in [0.25, 0.3) is 0 Å². The number of benzene rings is 1. The van der Waals surface area contributed by atoms with Crippen LogP contribution in [0.5, 0.6) is 0 Å². The van der Waals surface area contributed by atoms with Gasteiger partial charge in [0.1, 0.15) is 0 Å². The maximum Gasteiger partial charge on any atom is 0.172 e. The topological polar surface area (TPSA) is 65.1 Å². The molecular weight excluding hydrogens is 264 g/mol. The summed E-state index contributed by atoms with van der Waals surface area (Å²) in [6.07, 6.45) is 2.20. The van der Waals surface area contributed by atoms with Gasteiger partial charge in [-0.05, 0) is 51.1 Å². The molecule has 3 N–H and O–H groups in total. The lowest BCUT2D eigenvalue weighted by atomic mass is 10.0. The van der Waals surface area contributed by atoms with Crippen LogP contribution in [0.4, 0.5) is 5.69 Å². The van der Waals surface area contributed by atoms with Crippen molar-refractivity contribution >= 4 is 11.5 Å². The molecule has 0 aliphatic carbocycles. The average molecular weight is 290 g/mol. The fourth-order valence-electron chi connectivity index (χ4n) is 3.06. The minimum absolute atomic E-state index is 0.178. The monoisotopic (exact) mass is 290 g/mol. The van der Waals surface area contributed by atoms with Gasteiger partial charge in [0.05, 0.1) is 0 Å². The first-order chi connectivity index (χ1) is 10.1. The molecule has 0 amide bonds. The van der Waals surface area contributed by atoms with Crippen LogP contribution in [0.15, 0.2) is 23.4 Å². The van der Waals surface area contributed by atoms with E-state index in [0.29, 0.717) is 6.04 Å². The highest BCUT2D eigenvalue weighted by atomic mass is 16.4. The molecule has 1 aliphatic rings. The number of anilines is 1. The molecule has 116 valence electrons. The Kier molecular flexibility index (Phi) is 5.07. The predicted molar refractivity (Wildman–Crippen MR) is 87.2 cm³/mol. The van der Waals surface area contributed by atoms with Gasteiger partial charge in [-0.15, -0.1) is 0 Å². The molecule has 0 aromatic heterocycles. The highest BCUT2D eigenvalue weighted by molar-refractivity contribution is 6.02. The van der Waals surface area contributed by atoms with Gasteiger partial charge in [0.2, 0.25) is 0 Å². The van der Waals surface area contributed by atoms with Crippen LogP contribution in [0.3, 0.4) is 0 Å². The lowest BCUT2D eigenvalue weighted by Crippen LogP contribution is -2.40. The zero-order valence-corrected chi connectivity index (χ0v) is 13.2. The van der Waals surface area contributed by atoms with E-state index in [1.807, 2.05) is 12.1 Å². The molecule has 1 aliphatic heterocycles. The van der Waals surface area contributed by atoms with Crippen molar-refractivity contribution in [3.63, 3.8) is 0 Å². The van der Waals surface area contributed by atoms with Gasteiger partial charge in [-0.25, -0.2) is 0 Å². The number of rotatable bonds is 3. The van der Waals surface area contributed by atoms with E-state index in [9.17, 15) is 0 Å². The third kappa shape index (κ3) is 3.47. The molecule has 2 rings (SSSR count). The first-order valence-corrected chi connectivity index (χ1v) is 7.60. The van der Waals surface area contributed by atoms with Gasteiger partial charge in [0.15, 0.2) is 5.84 Å². The maximum atomic E-state index is 9.04. The molecule has 1 saturated heterocycles. The molecule has 21 heavy (non-hydrogen) atoms. The summed E-state index contributed by atoms with van der Waals surface area (Å²) < 4.78 is 0. The molecule has 1 aromatic carbocycles. The number of hydrogen-bond donors (Lipinski definition) is 2. The number of likely N-dealkylation sites (N-methyl/N-ethyl adjacent to an activating group) is 1. The van der Waals surface area contributed by atoms with Crippen LogP contribution in [-0.2, 0) is 0 Å². The van der Waals surface area contributed by atoms with Crippen molar-refractivity contribution in [3.8, 4) is 0 Å². The third-order valence-corrected chi connectivity index (χ3v) is 4.22. The molecule has 1 fully saturated rings. The van der Waals surface area contributed by atoms with Crippen molar-refractivity contribution in [3.05, 3.63) is 29.3 Å². The number of aryl methyl sites for hydroxylation is 1. The van der Waals surface area contributed by atoms with Crippen molar-refractivity contribution in [1.82, 2.24) is 4.90 Å². The van der Waals surface area contributed by atoms with E-state index in [0.717, 1.165) is 43.7 Å². The predicted octanol–water partition coefficient (Wildman–Crippen LogP) is 2.01. The normalized spacial score (nSPS) is 21.4. The third-order valence-electron chi connectivity index (χ3n) is 4.22. The van der Waals surface area contributed by atoms with Crippen LogP contribution >= 0.6 is 0 Å². The van der Waals surface area contributed by atoms with Crippen molar-refractivity contribution in [2.45, 2.75) is 32.7 Å². The molecule has 0 saturated carbocycles. The smallest absolute Gasteiger partial charge is 0.172 e. The quantitative estimate of drug-likeness (QED) is 0.387. The van der Waals surface area contributed by atoms with Gasteiger partial charge in [-0.3, -0.25) is 0 Å². The number of hydrogen-bond acceptors (Lipinski definition) is 4. The van der Waals surface area contributed by atoms with Gasteiger partial charge < -0.3 is 20.7 Å². The number of nitrogens with two attached hydrogens (primary N) is 1. The first kappa shape index (κ1) is 15.6. The summed E-state index contributed by atoms with van der Waals surface area (Å²) in [6.45, 7) is 7.44. The van der Waals surface area contributed by atoms with Gasteiger partial charge >= 0.3 is 0 Å². The maximum absolute atomic E-state index is 9.04. The average Bonchev–Trinajstić information content (AvgIpc) is 2.67. The molecule has 5 nitrogen and oxygen atoms in total. The Balaban J connectivity index is 2.44. The lowest BCUT2D eigenvalue weighted by Gasteiger charge is -2.33. The summed E-state index contributed by atoms with van der Waals surface area (Å²) in [5.74, 6) is 0.178. The second-order valence-corrected chi connectivity index (χ2v) is 5.88. The van der Waals surface area contributed by atoms with E-state index in [-0.39, 0.29) is 5.84 Å². The van der Waals surface area contributed by atoms with Crippen LogP contribution in [0, 0.1) is 6.92 Å². The molecular formula is C16H26N4O. The standard InChI is InChI=1S/C16H26N4O/c1-4-13-11-19(3)8-5-9-20(13)15-10-12(2)6-7-14(15)16(17)18-21/h6-7,10,13,21H,4-5,8-9,11H2,1-3H3,(H2,17,18). The van der Waals surface area contributed by atoms with Gasteiger partial charge in [0, 0.05) is 30.4 Å². The zero-order chi connectivity index (χ0) is 15.4. The lowest BCUT2D eigenvalue weighted by molar-refractivity contribution is 0.318. The van der Waals surface area contributed by atoms with Crippen molar-refractivity contribution in [1.29, 1.82) is 0 Å². The Labute approximate surface area is 127 Å². The highest BCUT2D eigenvalue weighted by Crippen LogP contribution is 2.27. The van der Waals surface area contributed by atoms with Gasteiger partial charge in [-0.2, -0.15) is 0 Å². The number of oxime groups is 1. The summed E-state index contributed by atoms with van der Waals surface area (Å²) in [6, 6.07) is 6.54. The Morgan fingerprint density at radius 1 is 1.43 bits per heavy atom. The molecule has 0 radical (unpaired) electrons. The fourth-order valence-corrected chi connectivity index (χ4v) is 3.06. The molecule has 0 bridgehead atoms. The Morgan fingerprint density at radius 3 is 2.86 bits per heavy atom. The van der Waals surface area contributed by atoms with Crippen molar-refractivity contribution in [2.24, 2.45) is 10.9 Å². The zero-order valence-electron chi connectivity index (χ0n) is 13.2. The van der Waals surface area contributed by atoms with Crippen LogP contribution in [-0.4, -0.2) is 48.7 Å². The van der Waals surface area contributed by atoms with Crippen molar-refractivity contribution < 1.29 is 5.21 Å². The number of nitrogens with zero attached hydrogens (tertiary/aromatic N) is 3. The van der Waals surface area contributed by atoms with Crippen LogP contribution in [0.1, 0.15) is 30.9 Å². The number of amidine groups is 1. The van der Waals surface area contributed by atoms with Gasteiger partial charge in [0.25, 0.3) is 0 Å². The van der Waals surface area contributed by atoms with Crippen LogP contribution in [0.2, 0.25) is 0 Å². The Morgan fingerprint density at radius 2 is 2.19 bits per heavy atom.